The third-order valence-electron chi connectivity index (χ3n) is 7.16. The van der Waals surface area contributed by atoms with Crippen molar-refractivity contribution in [2.24, 2.45) is 26.7 Å². The lowest BCUT2D eigenvalue weighted by Gasteiger charge is -2.72. The number of halogens is 2. The summed E-state index contributed by atoms with van der Waals surface area (Å²) in [5.41, 5.74) is 0.793. The number of hydrogen-bond acceptors (Lipinski definition) is 3. The lowest BCUT2D eigenvalue weighted by molar-refractivity contribution is -0.280. The molecule has 0 amide bonds. The minimum Gasteiger partial charge on any atom is -0.373 e. The van der Waals surface area contributed by atoms with E-state index in [1.807, 2.05) is 13.8 Å². The van der Waals surface area contributed by atoms with Gasteiger partial charge in [0.1, 0.15) is 5.84 Å². The van der Waals surface area contributed by atoms with Crippen molar-refractivity contribution in [2.45, 2.75) is 64.9 Å². The molecule has 0 unspecified atom stereocenters. The molecule has 0 spiro atoms. The van der Waals surface area contributed by atoms with Crippen LogP contribution in [0.15, 0.2) is 33.1 Å². The Bertz CT molecular complexity index is 860. The fourth-order valence-electron chi connectivity index (χ4n) is 5.23. The van der Waals surface area contributed by atoms with Gasteiger partial charge in [-0.1, -0.05) is 0 Å². The van der Waals surface area contributed by atoms with E-state index in [0.717, 1.165) is 36.9 Å². The van der Waals surface area contributed by atoms with Crippen LogP contribution in [0.4, 0.5) is 8.78 Å². The van der Waals surface area contributed by atoms with Gasteiger partial charge in [0.25, 0.3) is 5.92 Å². The minimum absolute atomic E-state index is 0.111. The number of pyridine rings is 1. The van der Waals surface area contributed by atoms with Crippen LogP contribution in [0.2, 0.25) is 0 Å². The average molecular weight is 405 g/mol. The van der Waals surface area contributed by atoms with Gasteiger partial charge in [0.2, 0.25) is 5.56 Å². The van der Waals surface area contributed by atoms with E-state index in [1.165, 1.54) is 6.07 Å². The molecule has 1 saturated heterocycles. The van der Waals surface area contributed by atoms with Crippen molar-refractivity contribution in [1.29, 1.82) is 0 Å². The van der Waals surface area contributed by atoms with Crippen LogP contribution in [0.5, 0.6) is 0 Å². The van der Waals surface area contributed by atoms with Crippen LogP contribution in [0, 0.1) is 16.7 Å². The molecule has 7 heteroatoms. The molecule has 29 heavy (non-hydrogen) atoms. The maximum absolute atomic E-state index is 13.8. The Morgan fingerprint density at radius 2 is 2.07 bits per heavy atom. The monoisotopic (exact) mass is 405 g/mol. The van der Waals surface area contributed by atoms with Gasteiger partial charge < -0.3 is 9.72 Å². The number of aromatic nitrogens is 1. The molecular formula is C22H29F2N3O2. The van der Waals surface area contributed by atoms with Gasteiger partial charge >= 0.3 is 0 Å². The first-order valence-corrected chi connectivity index (χ1v) is 10.5. The summed E-state index contributed by atoms with van der Waals surface area (Å²) in [7, 11) is 0. The van der Waals surface area contributed by atoms with Gasteiger partial charge in [-0.05, 0) is 64.5 Å². The molecule has 2 atom stereocenters. The van der Waals surface area contributed by atoms with E-state index in [1.54, 1.807) is 12.3 Å². The maximum Gasteiger partial charge on any atom is 0.251 e. The Hall–Kier alpha value is -1.89. The molecule has 4 fully saturated rings. The van der Waals surface area contributed by atoms with E-state index in [0.29, 0.717) is 32.4 Å². The van der Waals surface area contributed by atoms with Crippen molar-refractivity contribution in [3.63, 3.8) is 0 Å². The Morgan fingerprint density at radius 1 is 1.34 bits per heavy atom. The van der Waals surface area contributed by atoms with Gasteiger partial charge in [0, 0.05) is 47.9 Å². The largest absolute Gasteiger partial charge is 0.373 e. The number of H-pyrrole nitrogens is 1. The number of nitrogens with one attached hydrogen (secondary N) is 1. The van der Waals surface area contributed by atoms with Crippen LogP contribution < -0.4 is 5.56 Å². The summed E-state index contributed by atoms with van der Waals surface area (Å²) in [5, 5.41) is 0. The van der Waals surface area contributed by atoms with Gasteiger partial charge in [-0.15, -0.1) is 0 Å². The number of aliphatic imine (C=N–C) groups is 2. The lowest BCUT2D eigenvalue weighted by Crippen LogP contribution is -2.70. The summed E-state index contributed by atoms with van der Waals surface area (Å²) < 4.78 is 33.6. The molecule has 5 rings (SSSR count). The number of alkyl halides is 2. The van der Waals surface area contributed by atoms with Crippen LogP contribution in [0.1, 0.15) is 64.5 Å². The summed E-state index contributed by atoms with van der Waals surface area (Å²) in [5.74, 6) is -1.64. The number of amidine groups is 1. The minimum atomic E-state index is -2.61. The molecule has 1 aromatic heterocycles. The van der Waals surface area contributed by atoms with Crippen molar-refractivity contribution in [3.8, 4) is 0 Å². The molecule has 4 aliphatic rings. The lowest BCUT2D eigenvalue weighted by atomic mass is 9.32. The maximum atomic E-state index is 13.8. The SMILES string of the molecule is CCN=C(N=C(C)C12CC(C(C)(F)F)(C1)C2)[C@H]1CCO[C@@H](c2ccc(=O)[nH]c2)C1. The molecule has 0 radical (unpaired) electrons. The fraction of sp³-hybridized carbons (Fsp3) is 0.682. The summed E-state index contributed by atoms with van der Waals surface area (Å²) in [6.45, 7) is 6.24. The van der Waals surface area contributed by atoms with E-state index in [-0.39, 0.29) is 23.0 Å². The Kier molecular flexibility index (Phi) is 5.00. The first-order chi connectivity index (χ1) is 13.7. The van der Waals surface area contributed by atoms with Crippen LogP contribution in [0.25, 0.3) is 0 Å². The fourth-order valence-corrected chi connectivity index (χ4v) is 5.23. The number of ether oxygens (including phenoxy) is 1. The van der Waals surface area contributed by atoms with Crippen molar-refractivity contribution < 1.29 is 13.5 Å². The van der Waals surface area contributed by atoms with Crippen molar-refractivity contribution in [1.82, 2.24) is 4.98 Å². The van der Waals surface area contributed by atoms with E-state index in [4.69, 9.17) is 9.73 Å². The Morgan fingerprint density at radius 3 is 2.66 bits per heavy atom. The highest BCUT2D eigenvalue weighted by Gasteiger charge is 2.76. The molecule has 3 saturated carbocycles. The molecule has 1 aromatic rings. The average Bonchev–Trinajstić information content (AvgIpc) is 2.58. The highest BCUT2D eigenvalue weighted by molar-refractivity contribution is 6.02. The molecule has 2 bridgehead atoms. The molecule has 3 aliphatic carbocycles. The molecule has 1 N–H and O–H groups in total. The Balaban J connectivity index is 1.48. The van der Waals surface area contributed by atoms with Gasteiger partial charge in [-0.25, -0.2) is 13.8 Å². The zero-order chi connectivity index (χ0) is 20.9. The van der Waals surface area contributed by atoms with E-state index in [9.17, 15) is 13.6 Å². The summed E-state index contributed by atoms with van der Waals surface area (Å²) >= 11 is 0. The van der Waals surface area contributed by atoms with Crippen LogP contribution in [-0.2, 0) is 4.74 Å². The second-order valence-corrected chi connectivity index (χ2v) is 9.08. The number of aromatic amines is 1. The smallest absolute Gasteiger partial charge is 0.251 e. The molecule has 2 heterocycles. The third kappa shape index (κ3) is 3.47. The van der Waals surface area contributed by atoms with Crippen molar-refractivity contribution >= 4 is 11.5 Å². The molecular weight excluding hydrogens is 376 g/mol. The van der Waals surface area contributed by atoms with Crippen LogP contribution in [-0.4, -0.2) is 35.6 Å². The van der Waals surface area contributed by atoms with E-state index < -0.39 is 11.3 Å². The van der Waals surface area contributed by atoms with E-state index in [2.05, 4.69) is 9.98 Å². The number of hydrogen-bond donors (Lipinski definition) is 1. The first kappa shape index (κ1) is 20.4. The summed E-state index contributed by atoms with van der Waals surface area (Å²) in [6.07, 6.45) is 4.77. The first-order valence-electron chi connectivity index (χ1n) is 10.5. The highest BCUT2D eigenvalue weighted by Crippen LogP contribution is 2.78. The molecule has 158 valence electrons. The molecule has 5 nitrogen and oxygen atoms in total. The second kappa shape index (κ2) is 7.11. The number of nitrogens with zero attached hydrogens (tertiary/aromatic N) is 2. The topological polar surface area (TPSA) is 66.8 Å². The van der Waals surface area contributed by atoms with E-state index >= 15 is 0 Å². The third-order valence-corrected chi connectivity index (χ3v) is 7.16. The van der Waals surface area contributed by atoms with Crippen LogP contribution >= 0.6 is 0 Å². The Labute approximate surface area is 169 Å². The van der Waals surface area contributed by atoms with Gasteiger partial charge in [0.15, 0.2) is 0 Å². The zero-order valence-electron chi connectivity index (χ0n) is 17.3. The standard InChI is InChI=1S/C22H29F2N3O2/c1-4-25-19(27-14(2)21-11-22(12-21,13-21)20(3,23)24)15-7-8-29-17(9-15)16-5-6-18(28)26-10-16/h5-6,10,15,17H,4,7-9,11-13H2,1-3H3,(H,26,28)/t15-,17+,21?,22?/m0/s1. The highest BCUT2D eigenvalue weighted by atomic mass is 19.3. The summed E-state index contributed by atoms with van der Waals surface area (Å²) in [6, 6.07) is 3.30. The number of rotatable bonds is 5. The van der Waals surface area contributed by atoms with Gasteiger partial charge in [0.05, 0.1) is 6.10 Å². The second-order valence-electron chi connectivity index (χ2n) is 9.08. The predicted molar refractivity (Wildman–Crippen MR) is 109 cm³/mol. The van der Waals surface area contributed by atoms with Crippen molar-refractivity contribution in [2.75, 3.05) is 13.2 Å². The van der Waals surface area contributed by atoms with Crippen molar-refractivity contribution in [3.05, 3.63) is 34.2 Å². The van der Waals surface area contributed by atoms with Gasteiger partial charge in [-0.3, -0.25) is 9.79 Å². The molecule has 1 aliphatic heterocycles. The van der Waals surface area contributed by atoms with Gasteiger partial charge in [-0.2, -0.15) is 0 Å². The zero-order valence-corrected chi connectivity index (χ0v) is 17.3. The van der Waals surface area contributed by atoms with Crippen LogP contribution in [0.3, 0.4) is 0 Å². The normalized spacial score (nSPS) is 35.1. The predicted octanol–water partition coefficient (Wildman–Crippen LogP) is 4.55. The quantitative estimate of drug-likeness (QED) is 0.577. The summed E-state index contributed by atoms with van der Waals surface area (Å²) in [4.78, 5) is 23.6. The molecule has 0 aromatic carbocycles.